The molecule has 22 heavy (non-hydrogen) atoms. The lowest BCUT2D eigenvalue weighted by atomic mass is 10.0. The first-order valence-electron chi connectivity index (χ1n) is 7.35. The summed E-state index contributed by atoms with van der Waals surface area (Å²) >= 11 is 0. The zero-order valence-corrected chi connectivity index (χ0v) is 12.2. The van der Waals surface area contributed by atoms with Crippen molar-refractivity contribution in [3.8, 4) is 0 Å². The van der Waals surface area contributed by atoms with E-state index < -0.39 is 0 Å². The van der Waals surface area contributed by atoms with Crippen LogP contribution in [-0.2, 0) is 17.8 Å². The summed E-state index contributed by atoms with van der Waals surface area (Å²) in [5.41, 5.74) is 1.68. The van der Waals surface area contributed by atoms with Crippen LogP contribution in [0, 0.1) is 0 Å². The Balaban J connectivity index is 1.46. The van der Waals surface area contributed by atoms with Gasteiger partial charge in [-0.25, -0.2) is 0 Å². The Morgan fingerprint density at radius 2 is 2.05 bits per heavy atom. The van der Waals surface area contributed by atoms with Gasteiger partial charge in [0.15, 0.2) is 0 Å². The van der Waals surface area contributed by atoms with Crippen LogP contribution in [-0.4, -0.2) is 34.2 Å². The van der Waals surface area contributed by atoms with Crippen LogP contribution in [0.1, 0.15) is 22.5 Å². The number of nitrogens with zero attached hydrogens (tertiary/aromatic N) is 2. The van der Waals surface area contributed by atoms with Gasteiger partial charge in [-0.05, 0) is 24.6 Å². The van der Waals surface area contributed by atoms with E-state index in [1.165, 1.54) is 0 Å². The fourth-order valence-corrected chi connectivity index (χ4v) is 2.62. The topological polar surface area (TPSA) is 76.0 Å². The van der Waals surface area contributed by atoms with Gasteiger partial charge in [-0.1, -0.05) is 18.2 Å². The lowest BCUT2D eigenvalue weighted by Crippen LogP contribution is -2.44. The van der Waals surface area contributed by atoms with E-state index in [9.17, 15) is 9.59 Å². The number of hydrogen-bond acceptors (Lipinski definition) is 3. The third-order valence-corrected chi connectivity index (χ3v) is 3.76. The van der Waals surface area contributed by atoms with Crippen molar-refractivity contribution in [2.45, 2.75) is 25.4 Å². The van der Waals surface area contributed by atoms with Crippen molar-refractivity contribution in [1.82, 2.24) is 20.4 Å². The van der Waals surface area contributed by atoms with Crippen molar-refractivity contribution in [2.24, 2.45) is 0 Å². The van der Waals surface area contributed by atoms with Crippen molar-refractivity contribution < 1.29 is 9.59 Å². The lowest BCUT2D eigenvalue weighted by molar-refractivity contribution is -0.120. The van der Waals surface area contributed by atoms with Crippen LogP contribution in [0.4, 0.5) is 0 Å². The minimum absolute atomic E-state index is 0.0104. The molecule has 1 aliphatic rings. The standard InChI is InChI=1S/C16H18N4O2/c21-15(11-17-16(22)12-4-2-1-3-5-12)19-13-7-9-20-14(10-13)6-8-18-20/h1-6,8,13H,7,9-11H2,(H,17,22)(H,19,21). The molecular weight excluding hydrogens is 280 g/mol. The molecule has 2 N–H and O–H groups in total. The second-order valence-corrected chi connectivity index (χ2v) is 5.35. The lowest BCUT2D eigenvalue weighted by Gasteiger charge is -2.24. The molecule has 1 unspecified atom stereocenters. The number of rotatable bonds is 4. The summed E-state index contributed by atoms with van der Waals surface area (Å²) in [4.78, 5) is 23.8. The number of fused-ring (bicyclic) bond motifs is 1. The minimum atomic E-state index is -0.238. The number of nitrogens with one attached hydrogen (secondary N) is 2. The highest BCUT2D eigenvalue weighted by Gasteiger charge is 2.20. The normalized spacial score (nSPS) is 16.6. The van der Waals surface area contributed by atoms with Gasteiger partial charge in [0.1, 0.15) is 0 Å². The molecule has 0 spiro atoms. The van der Waals surface area contributed by atoms with Crippen LogP contribution in [0.15, 0.2) is 42.6 Å². The van der Waals surface area contributed by atoms with Gasteiger partial charge in [-0.2, -0.15) is 5.10 Å². The Hall–Kier alpha value is -2.63. The second kappa shape index (κ2) is 6.43. The van der Waals surface area contributed by atoms with E-state index in [0.29, 0.717) is 5.56 Å². The van der Waals surface area contributed by atoms with Crippen molar-refractivity contribution in [2.75, 3.05) is 6.54 Å². The van der Waals surface area contributed by atoms with Crippen molar-refractivity contribution >= 4 is 11.8 Å². The van der Waals surface area contributed by atoms with Crippen LogP contribution in [0.2, 0.25) is 0 Å². The van der Waals surface area contributed by atoms with Crippen LogP contribution >= 0.6 is 0 Å². The molecule has 2 amide bonds. The highest BCUT2D eigenvalue weighted by molar-refractivity contribution is 5.96. The summed E-state index contributed by atoms with van der Waals surface area (Å²) in [7, 11) is 0. The zero-order valence-electron chi connectivity index (χ0n) is 12.2. The molecule has 0 saturated carbocycles. The molecule has 0 radical (unpaired) electrons. The van der Waals surface area contributed by atoms with Crippen LogP contribution in [0.3, 0.4) is 0 Å². The molecule has 0 saturated heterocycles. The number of aromatic nitrogens is 2. The Morgan fingerprint density at radius 3 is 2.86 bits per heavy atom. The number of benzene rings is 1. The third kappa shape index (κ3) is 3.33. The number of aryl methyl sites for hydroxylation is 1. The first-order valence-corrected chi connectivity index (χ1v) is 7.35. The van der Waals surface area contributed by atoms with E-state index in [0.717, 1.165) is 25.1 Å². The van der Waals surface area contributed by atoms with Gasteiger partial charge in [0.2, 0.25) is 5.91 Å². The molecule has 0 bridgehead atoms. The molecule has 6 heteroatoms. The average molecular weight is 298 g/mol. The van der Waals surface area contributed by atoms with Crippen LogP contribution in [0.5, 0.6) is 0 Å². The van der Waals surface area contributed by atoms with Gasteiger partial charge < -0.3 is 10.6 Å². The second-order valence-electron chi connectivity index (χ2n) is 5.35. The summed E-state index contributed by atoms with van der Waals surface area (Å²) < 4.78 is 1.96. The number of carbonyl (C=O) groups is 2. The molecule has 6 nitrogen and oxygen atoms in total. The van der Waals surface area contributed by atoms with Crippen LogP contribution < -0.4 is 10.6 Å². The molecule has 2 aromatic rings. The van der Waals surface area contributed by atoms with Gasteiger partial charge in [0.25, 0.3) is 5.91 Å². The maximum atomic E-state index is 11.9. The molecule has 1 aliphatic heterocycles. The zero-order chi connectivity index (χ0) is 15.4. The first kappa shape index (κ1) is 14.3. The predicted octanol–water partition coefficient (Wildman–Crippen LogP) is 0.744. The molecule has 2 heterocycles. The van der Waals surface area contributed by atoms with E-state index in [2.05, 4.69) is 15.7 Å². The van der Waals surface area contributed by atoms with Gasteiger partial charge in [0.05, 0.1) is 6.54 Å². The van der Waals surface area contributed by atoms with E-state index in [-0.39, 0.29) is 24.4 Å². The number of hydrogen-bond donors (Lipinski definition) is 2. The van der Waals surface area contributed by atoms with E-state index >= 15 is 0 Å². The molecule has 0 aliphatic carbocycles. The number of amides is 2. The molecule has 1 aromatic heterocycles. The maximum absolute atomic E-state index is 11.9. The highest BCUT2D eigenvalue weighted by Crippen LogP contribution is 2.13. The summed E-state index contributed by atoms with van der Waals surface area (Å²) in [6, 6.07) is 10.9. The van der Waals surface area contributed by atoms with Crippen molar-refractivity contribution in [3.05, 3.63) is 53.9 Å². The quantitative estimate of drug-likeness (QED) is 0.874. The Labute approximate surface area is 128 Å². The molecular formula is C16H18N4O2. The molecule has 1 atom stereocenters. The average Bonchev–Trinajstić information content (AvgIpc) is 3.01. The summed E-state index contributed by atoms with van der Waals surface area (Å²) in [5.74, 6) is -0.403. The highest BCUT2D eigenvalue weighted by atomic mass is 16.2. The molecule has 3 rings (SSSR count). The fourth-order valence-electron chi connectivity index (χ4n) is 2.62. The largest absolute Gasteiger partial charge is 0.351 e. The maximum Gasteiger partial charge on any atom is 0.251 e. The van der Waals surface area contributed by atoms with E-state index in [1.54, 1.807) is 30.5 Å². The minimum Gasteiger partial charge on any atom is -0.351 e. The first-order chi connectivity index (χ1) is 10.7. The molecule has 0 fully saturated rings. The van der Waals surface area contributed by atoms with Gasteiger partial charge in [-0.15, -0.1) is 0 Å². The van der Waals surface area contributed by atoms with Crippen molar-refractivity contribution in [1.29, 1.82) is 0 Å². The third-order valence-electron chi connectivity index (χ3n) is 3.76. The van der Waals surface area contributed by atoms with E-state index in [1.807, 2.05) is 16.8 Å². The van der Waals surface area contributed by atoms with Gasteiger partial charge in [-0.3, -0.25) is 14.3 Å². The van der Waals surface area contributed by atoms with Crippen molar-refractivity contribution in [3.63, 3.8) is 0 Å². The summed E-state index contributed by atoms with van der Waals surface area (Å²) in [6.07, 6.45) is 3.41. The van der Waals surface area contributed by atoms with E-state index in [4.69, 9.17) is 0 Å². The Kier molecular flexibility index (Phi) is 4.18. The monoisotopic (exact) mass is 298 g/mol. The van der Waals surface area contributed by atoms with Crippen LogP contribution in [0.25, 0.3) is 0 Å². The number of carbonyl (C=O) groups excluding carboxylic acids is 2. The van der Waals surface area contributed by atoms with Gasteiger partial charge in [0, 0.05) is 36.5 Å². The summed E-state index contributed by atoms with van der Waals surface area (Å²) in [6.45, 7) is 0.799. The van der Waals surface area contributed by atoms with Gasteiger partial charge >= 0.3 is 0 Å². The smallest absolute Gasteiger partial charge is 0.251 e. The molecule has 114 valence electrons. The predicted molar refractivity (Wildman–Crippen MR) is 81.3 cm³/mol. The summed E-state index contributed by atoms with van der Waals surface area (Å²) in [5, 5.41) is 9.81. The molecule has 1 aromatic carbocycles. The Bertz CT molecular complexity index is 666. The Morgan fingerprint density at radius 1 is 1.23 bits per heavy atom. The fraction of sp³-hybridized carbons (Fsp3) is 0.312. The SMILES string of the molecule is O=C(CNC(=O)c1ccccc1)NC1CCn2nccc2C1.